The molecule has 0 N–H and O–H groups in total. The predicted molar refractivity (Wildman–Crippen MR) is 262 cm³/mol. The van der Waals surface area contributed by atoms with Crippen LogP contribution in [0.2, 0.25) is 50.9 Å². The average Bonchev–Trinajstić information content (AvgIpc) is 3.02. The third-order valence-corrected chi connectivity index (χ3v) is 18.6. The molecule has 2 aromatic carbocycles. The zero-order chi connectivity index (χ0) is 37.9. The monoisotopic (exact) mass is 875 g/mol. The molecule has 2 aromatic rings. The van der Waals surface area contributed by atoms with Crippen molar-refractivity contribution < 1.29 is 40.5 Å². The van der Waals surface area contributed by atoms with E-state index in [2.05, 4.69) is 48.8 Å². The fourth-order valence-electron chi connectivity index (χ4n) is 3.08. The highest BCUT2D eigenvalue weighted by molar-refractivity contribution is 6.88. The number of carbonyl (C=O) groups excluding carboxylic acids is 2. The molecule has 0 bridgehead atoms. The van der Waals surface area contributed by atoms with Gasteiger partial charge in [-0.15, -0.1) is 0 Å². The first-order chi connectivity index (χ1) is 22.1. The van der Waals surface area contributed by atoms with Crippen LogP contribution in [0.25, 0.3) is 0 Å². The Bertz CT molecular complexity index is 1000. The minimum atomic E-state index is -4.14. The van der Waals surface area contributed by atoms with E-state index < -0.39 is 37.8 Å². The summed E-state index contributed by atoms with van der Waals surface area (Å²) in [7, 11) is -6.63. The van der Waals surface area contributed by atoms with E-state index in [0.29, 0.717) is 24.4 Å². The Hall–Kier alpha value is -2.78. The second-order valence-electron chi connectivity index (χ2n) is 12.0. The van der Waals surface area contributed by atoms with Gasteiger partial charge < -0.3 is 17.7 Å². The molecule has 346 valence electrons. The molecule has 0 amide bonds. The number of alkyl halides is 3. The van der Waals surface area contributed by atoms with Crippen molar-refractivity contribution in [2.24, 2.45) is 0 Å². The van der Waals surface area contributed by atoms with Gasteiger partial charge in [-0.3, -0.25) is 0 Å². The summed E-state index contributed by atoms with van der Waals surface area (Å²) in [4.78, 5) is 20.8. The Morgan fingerprint density at radius 1 is 0.509 bits per heavy atom. The highest BCUT2D eigenvalue weighted by atomic mass is 28.5. The fourth-order valence-corrected chi connectivity index (χ4v) is 15.7. The molecule has 0 aliphatic heterocycles. The molecule has 12 heteroatoms. The summed E-state index contributed by atoms with van der Waals surface area (Å²) in [6, 6.07) is 25.8. The summed E-state index contributed by atoms with van der Waals surface area (Å²) in [5, 5.41) is 0. The van der Waals surface area contributed by atoms with Crippen molar-refractivity contribution in [2.45, 2.75) is 172 Å². The van der Waals surface area contributed by atoms with E-state index in [1.165, 1.54) is 0 Å². The Kier molecular flexibility index (Phi) is 71.9. The van der Waals surface area contributed by atoms with Crippen molar-refractivity contribution in [1.82, 2.24) is 0 Å². The van der Waals surface area contributed by atoms with Crippen LogP contribution in [0.3, 0.4) is 0 Å². The number of rotatable bonds is 12. The molecule has 0 aliphatic carbocycles. The van der Waals surface area contributed by atoms with E-state index in [0.717, 1.165) is 12.1 Å². The summed E-state index contributed by atoms with van der Waals surface area (Å²) in [6.45, 7) is 28.5. The van der Waals surface area contributed by atoms with Crippen LogP contribution in [0.5, 0.6) is 0 Å². The topological polar surface area (TPSA) is 71.1 Å². The minimum absolute atomic E-state index is 0. The molecular weight excluding hydrogens is 778 g/mol. The van der Waals surface area contributed by atoms with E-state index in [9.17, 15) is 22.8 Å². The minimum Gasteiger partial charge on any atom is -0.463 e. The van der Waals surface area contributed by atoms with Gasteiger partial charge >= 0.3 is 26.7 Å². The van der Waals surface area contributed by atoms with Crippen LogP contribution in [-0.4, -0.2) is 56.5 Å². The first-order valence-corrected chi connectivity index (χ1v) is 25.0. The van der Waals surface area contributed by atoms with Gasteiger partial charge in [-0.05, 0) is 78.6 Å². The van der Waals surface area contributed by atoms with Crippen molar-refractivity contribution in [2.75, 3.05) is 13.2 Å². The Morgan fingerprint density at radius 3 is 0.842 bits per heavy atom. The summed E-state index contributed by atoms with van der Waals surface area (Å²) >= 11 is 0. The molecule has 6 nitrogen and oxygen atoms in total. The lowest BCUT2D eigenvalue weighted by Gasteiger charge is -2.40. The molecule has 0 radical (unpaired) electrons. The fraction of sp³-hybridized carbons (Fsp3) is 0.600. The van der Waals surface area contributed by atoms with Crippen molar-refractivity contribution in [1.29, 1.82) is 0 Å². The first kappa shape index (κ1) is 86.2. The molecule has 0 unspecified atom stereocenters. The summed E-state index contributed by atoms with van der Waals surface area (Å²) in [5.41, 5.74) is 0.902. The molecular formula is C45H97F3O6Si3. The van der Waals surface area contributed by atoms with Gasteiger partial charge in [-0.1, -0.05) is 167 Å². The lowest BCUT2D eigenvalue weighted by atomic mass is 10.4. The standard InChI is InChI=1S/C12H29F3O2Si3.2C6H10O2.2C6H6.9CH4/c1-8-18(3,4)16-20(7,11-10-12(13,14)15)17-19(5,6)9-2;2*1-4-8-6(7)5(2)3;2*1-2-4-6-5-3-1;;;;;;;;;/h8-11H2,1-7H3;2*2,4H2,1,3H3;2*1-6H;9*1H4. The zero-order valence-corrected chi connectivity index (χ0v) is 34.2. The molecule has 0 fully saturated rings. The van der Waals surface area contributed by atoms with Crippen LogP contribution >= 0.6 is 0 Å². The molecule has 0 saturated carbocycles. The summed E-state index contributed by atoms with van der Waals surface area (Å²) in [6.07, 6.45) is -4.95. The van der Waals surface area contributed by atoms with Crippen molar-refractivity contribution in [3.05, 3.63) is 97.1 Å². The normalized spacial score (nSPS) is 9.16. The quantitative estimate of drug-likeness (QED) is 0.120. The first-order valence-electron chi connectivity index (χ1n) is 16.2. The number of carbonyl (C=O) groups is 2. The van der Waals surface area contributed by atoms with Crippen LogP contribution in [0.1, 0.15) is 115 Å². The lowest BCUT2D eigenvalue weighted by molar-refractivity contribution is -0.139. The molecule has 0 aliphatic rings. The molecule has 0 spiro atoms. The Balaban J connectivity index is -0.0000000466. The van der Waals surface area contributed by atoms with Gasteiger partial charge in [-0.2, -0.15) is 13.2 Å². The third kappa shape index (κ3) is 60.0. The molecule has 0 aromatic heterocycles. The number of hydrogen-bond donors (Lipinski definition) is 0. The van der Waals surface area contributed by atoms with Gasteiger partial charge in [0.05, 0.1) is 13.2 Å². The van der Waals surface area contributed by atoms with E-state index in [4.69, 9.17) is 8.23 Å². The Labute approximate surface area is 358 Å². The van der Waals surface area contributed by atoms with Crippen LogP contribution in [0, 0.1) is 0 Å². The average molecular weight is 876 g/mol. The second kappa shape index (κ2) is 47.6. The van der Waals surface area contributed by atoms with Crippen molar-refractivity contribution in [3.8, 4) is 0 Å². The highest BCUT2D eigenvalue weighted by Crippen LogP contribution is 2.32. The zero-order valence-electron chi connectivity index (χ0n) is 31.2. The van der Waals surface area contributed by atoms with E-state index >= 15 is 0 Å². The van der Waals surface area contributed by atoms with Crippen LogP contribution in [0.15, 0.2) is 97.1 Å². The smallest absolute Gasteiger partial charge is 0.389 e. The number of esters is 2. The van der Waals surface area contributed by atoms with Gasteiger partial charge in [0.25, 0.3) is 0 Å². The number of benzene rings is 2. The van der Waals surface area contributed by atoms with Gasteiger partial charge in [-0.25, -0.2) is 9.59 Å². The second-order valence-corrected chi connectivity index (χ2v) is 24.8. The maximum absolute atomic E-state index is 12.5. The largest absolute Gasteiger partial charge is 0.463 e. The van der Waals surface area contributed by atoms with Gasteiger partial charge in [0.2, 0.25) is 0 Å². The number of ether oxygens (including phenoxy) is 2. The highest BCUT2D eigenvalue weighted by Gasteiger charge is 2.44. The van der Waals surface area contributed by atoms with Gasteiger partial charge in [0, 0.05) is 17.6 Å². The molecule has 0 saturated heterocycles. The van der Waals surface area contributed by atoms with E-state index in [-0.39, 0.29) is 84.8 Å². The van der Waals surface area contributed by atoms with Crippen molar-refractivity contribution in [3.63, 3.8) is 0 Å². The molecule has 57 heavy (non-hydrogen) atoms. The Morgan fingerprint density at radius 2 is 0.719 bits per heavy atom. The van der Waals surface area contributed by atoms with Gasteiger partial charge in [0.15, 0.2) is 16.6 Å². The van der Waals surface area contributed by atoms with E-state index in [1.807, 2.05) is 93.2 Å². The van der Waals surface area contributed by atoms with Crippen LogP contribution < -0.4 is 0 Å². The summed E-state index contributed by atoms with van der Waals surface area (Å²) < 4.78 is 59.2. The van der Waals surface area contributed by atoms with E-state index in [1.54, 1.807) is 27.7 Å². The van der Waals surface area contributed by atoms with Gasteiger partial charge in [0.1, 0.15) is 0 Å². The predicted octanol–water partition coefficient (Wildman–Crippen LogP) is 16.8. The lowest BCUT2D eigenvalue weighted by Crippen LogP contribution is -2.54. The molecule has 2 rings (SSSR count). The van der Waals surface area contributed by atoms with Crippen molar-refractivity contribution >= 4 is 37.1 Å². The number of halogens is 3. The summed E-state index contributed by atoms with van der Waals surface area (Å²) in [5.74, 6) is -0.625. The van der Waals surface area contributed by atoms with Crippen LogP contribution in [0.4, 0.5) is 13.2 Å². The third-order valence-electron chi connectivity index (χ3n) is 6.13. The number of hydrogen-bond acceptors (Lipinski definition) is 6. The maximum atomic E-state index is 12.5. The SMILES string of the molecule is C.C.C.C.C.C.C.C.C.C=C(C)C(=O)OCC.C=C(C)C(=O)OCC.CC[Si](C)(C)O[Si](C)(CCC(F)(F)F)O[Si](C)(C)CC.c1ccccc1.c1ccccc1. The molecule has 0 heterocycles. The van der Waals surface area contributed by atoms with Crippen LogP contribution in [-0.2, 0) is 27.3 Å². The maximum Gasteiger partial charge on any atom is 0.389 e. The molecule has 0 atom stereocenters.